The fourth-order valence-corrected chi connectivity index (χ4v) is 0.743. The van der Waals surface area contributed by atoms with Gasteiger partial charge in [-0.3, -0.25) is 4.79 Å². The summed E-state index contributed by atoms with van der Waals surface area (Å²) in [5.74, 6) is -0.349. The number of ether oxygens (including phenoxy) is 1. The van der Waals surface area contributed by atoms with E-state index in [0.29, 0.717) is 19.3 Å². The van der Waals surface area contributed by atoms with Crippen LogP contribution in [0, 0.1) is 0 Å². The molecule has 70 valence electrons. The molecule has 0 saturated heterocycles. The zero-order valence-corrected chi connectivity index (χ0v) is 7.16. The molecule has 0 bridgehead atoms. The van der Waals surface area contributed by atoms with Crippen LogP contribution in [0.25, 0.3) is 0 Å². The molecule has 0 radical (unpaired) electrons. The van der Waals surface area contributed by atoms with Gasteiger partial charge in [-0.15, -0.1) is 0 Å². The quantitative estimate of drug-likeness (QED) is 0.464. The molecule has 0 aromatic carbocycles. The third-order valence-corrected chi connectivity index (χ3v) is 1.37. The molecule has 0 saturated carbocycles. The molecule has 1 N–H and O–H groups in total. The minimum Gasteiger partial charge on any atom is -0.466 e. The average Bonchev–Trinajstić information content (AvgIpc) is 2.00. The molecule has 1 unspecified atom stereocenters. The van der Waals surface area contributed by atoms with Crippen LogP contribution in [0.2, 0.25) is 0 Å². The van der Waals surface area contributed by atoms with Crippen LogP contribution >= 0.6 is 0 Å². The van der Waals surface area contributed by atoms with Crippen LogP contribution in [-0.4, -0.2) is 30.1 Å². The molecule has 0 spiro atoms. The Morgan fingerprint density at radius 1 is 1.58 bits per heavy atom. The van der Waals surface area contributed by atoms with Crippen LogP contribution in [-0.2, 0) is 14.3 Å². The average molecular weight is 174 g/mol. The highest BCUT2D eigenvalue weighted by Crippen LogP contribution is 2.00. The monoisotopic (exact) mass is 174 g/mol. The number of rotatable bonds is 6. The van der Waals surface area contributed by atoms with E-state index in [2.05, 4.69) is 4.74 Å². The molecule has 12 heavy (non-hydrogen) atoms. The third kappa shape index (κ3) is 7.21. The van der Waals surface area contributed by atoms with Gasteiger partial charge in [-0.25, -0.2) is 0 Å². The van der Waals surface area contributed by atoms with Gasteiger partial charge in [-0.2, -0.15) is 0 Å². The van der Waals surface area contributed by atoms with Gasteiger partial charge >= 0.3 is 5.97 Å². The maximum atomic E-state index is 10.3. The second-order valence-corrected chi connectivity index (χ2v) is 2.53. The van der Waals surface area contributed by atoms with E-state index in [1.54, 1.807) is 0 Å². The largest absolute Gasteiger partial charge is 0.466 e. The van der Waals surface area contributed by atoms with E-state index < -0.39 is 6.10 Å². The lowest BCUT2D eigenvalue weighted by molar-refractivity contribution is -0.141. The number of carbonyl (C=O) groups excluding carboxylic acids is 2. The van der Waals surface area contributed by atoms with Gasteiger partial charge < -0.3 is 14.6 Å². The fraction of sp³-hybridized carbons (Fsp3) is 0.750. The molecule has 1 atom stereocenters. The van der Waals surface area contributed by atoms with Crippen LogP contribution < -0.4 is 0 Å². The third-order valence-electron chi connectivity index (χ3n) is 1.37. The fourth-order valence-electron chi connectivity index (χ4n) is 0.743. The standard InChI is InChI=1S/C8H14O4/c1-7(10)12-6-4-8(11)3-2-5-9/h5,8,11H,2-4,6H2,1H3. The van der Waals surface area contributed by atoms with Crippen LogP contribution in [0.1, 0.15) is 26.2 Å². The Morgan fingerprint density at radius 3 is 2.75 bits per heavy atom. The smallest absolute Gasteiger partial charge is 0.302 e. The molecule has 4 nitrogen and oxygen atoms in total. The summed E-state index contributed by atoms with van der Waals surface area (Å²) in [6.45, 7) is 1.53. The van der Waals surface area contributed by atoms with Crippen molar-refractivity contribution in [1.82, 2.24) is 0 Å². The maximum absolute atomic E-state index is 10.3. The van der Waals surface area contributed by atoms with Crippen molar-refractivity contribution < 1.29 is 19.4 Å². The summed E-state index contributed by atoms with van der Waals surface area (Å²) in [5.41, 5.74) is 0. The SMILES string of the molecule is CC(=O)OCCC(O)CCC=O. The molecular weight excluding hydrogens is 160 g/mol. The van der Waals surface area contributed by atoms with Crippen molar-refractivity contribution in [2.75, 3.05) is 6.61 Å². The Bertz CT molecular complexity index is 144. The molecule has 0 fully saturated rings. The Labute approximate surface area is 71.5 Å². The molecule has 0 aromatic rings. The van der Waals surface area contributed by atoms with E-state index in [9.17, 15) is 9.59 Å². The second-order valence-electron chi connectivity index (χ2n) is 2.53. The maximum Gasteiger partial charge on any atom is 0.302 e. The second kappa shape index (κ2) is 6.79. The van der Waals surface area contributed by atoms with Gasteiger partial charge in [0, 0.05) is 19.8 Å². The van der Waals surface area contributed by atoms with E-state index >= 15 is 0 Å². The van der Waals surface area contributed by atoms with Gasteiger partial charge in [0.15, 0.2) is 0 Å². The molecule has 0 aliphatic carbocycles. The Kier molecular flexibility index (Phi) is 6.28. The van der Waals surface area contributed by atoms with Gasteiger partial charge in [0.25, 0.3) is 0 Å². The lowest BCUT2D eigenvalue weighted by Crippen LogP contribution is -2.12. The first-order chi connectivity index (χ1) is 5.66. The summed E-state index contributed by atoms with van der Waals surface area (Å²) in [7, 11) is 0. The number of aliphatic hydroxyl groups excluding tert-OH is 1. The van der Waals surface area contributed by atoms with Crippen molar-refractivity contribution in [3.05, 3.63) is 0 Å². The Morgan fingerprint density at radius 2 is 2.25 bits per heavy atom. The van der Waals surface area contributed by atoms with Crippen molar-refractivity contribution >= 4 is 12.3 Å². The first-order valence-corrected chi connectivity index (χ1v) is 3.92. The summed E-state index contributed by atoms with van der Waals surface area (Å²) in [6.07, 6.45) is 1.39. The molecule has 0 aliphatic rings. The van der Waals surface area contributed by atoms with Gasteiger partial charge in [-0.05, 0) is 6.42 Å². The van der Waals surface area contributed by atoms with Gasteiger partial charge in [0.2, 0.25) is 0 Å². The minimum absolute atomic E-state index is 0.218. The number of hydrogen-bond acceptors (Lipinski definition) is 4. The lowest BCUT2D eigenvalue weighted by atomic mass is 10.1. The normalized spacial score (nSPS) is 12.2. The topological polar surface area (TPSA) is 63.6 Å². The van der Waals surface area contributed by atoms with E-state index in [-0.39, 0.29) is 12.6 Å². The highest BCUT2D eigenvalue weighted by molar-refractivity contribution is 5.65. The molecule has 0 rings (SSSR count). The summed E-state index contributed by atoms with van der Waals surface area (Å²) in [4.78, 5) is 20.2. The summed E-state index contributed by atoms with van der Waals surface area (Å²) >= 11 is 0. The van der Waals surface area contributed by atoms with Crippen LogP contribution in [0.5, 0.6) is 0 Å². The number of aldehydes is 1. The van der Waals surface area contributed by atoms with Crippen molar-refractivity contribution in [3.8, 4) is 0 Å². The molecule has 0 aromatic heterocycles. The predicted molar refractivity (Wildman–Crippen MR) is 42.6 cm³/mol. The Balaban J connectivity index is 3.24. The van der Waals surface area contributed by atoms with Gasteiger partial charge in [0.1, 0.15) is 6.29 Å². The zero-order chi connectivity index (χ0) is 9.40. The first-order valence-electron chi connectivity index (χ1n) is 3.92. The molecule has 0 heterocycles. The van der Waals surface area contributed by atoms with E-state index in [1.807, 2.05) is 0 Å². The highest BCUT2D eigenvalue weighted by atomic mass is 16.5. The van der Waals surface area contributed by atoms with Crippen LogP contribution in [0.3, 0.4) is 0 Å². The molecular formula is C8H14O4. The first kappa shape index (κ1) is 11.1. The molecule has 0 aliphatic heterocycles. The van der Waals surface area contributed by atoms with Crippen molar-refractivity contribution in [2.24, 2.45) is 0 Å². The number of aliphatic hydroxyl groups is 1. The zero-order valence-electron chi connectivity index (χ0n) is 7.16. The van der Waals surface area contributed by atoms with E-state index in [0.717, 1.165) is 6.29 Å². The minimum atomic E-state index is -0.547. The number of esters is 1. The summed E-state index contributed by atoms with van der Waals surface area (Å²) in [5, 5.41) is 9.14. The number of hydrogen-bond donors (Lipinski definition) is 1. The predicted octanol–water partition coefficient (Wildman–Crippen LogP) is 0.280. The van der Waals surface area contributed by atoms with Crippen molar-refractivity contribution in [3.63, 3.8) is 0 Å². The van der Waals surface area contributed by atoms with Crippen LogP contribution in [0.15, 0.2) is 0 Å². The van der Waals surface area contributed by atoms with E-state index in [4.69, 9.17) is 5.11 Å². The van der Waals surface area contributed by atoms with Gasteiger partial charge in [-0.1, -0.05) is 0 Å². The summed E-state index contributed by atoms with van der Waals surface area (Å²) < 4.78 is 4.61. The Hall–Kier alpha value is -0.900. The van der Waals surface area contributed by atoms with Crippen molar-refractivity contribution in [2.45, 2.75) is 32.3 Å². The van der Waals surface area contributed by atoms with Crippen LogP contribution in [0.4, 0.5) is 0 Å². The summed E-state index contributed by atoms with van der Waals surface area (Å²) in [6, 6.07) is 0. The van der Waals surface area contributed by atoms with Crippen molar-refractivity contribution in [1.29, 1.82) is 0 Å². The van der Waals surface area contributed by atoms with Gasteiger partial charge in [0.05, 0.1) is 12.7 Å². The molecule has 0 amide bonds. The number of carbonyl (C=O) groups is 2. The molecule has 4 heteroatoms. The lowest BCUT2D eigenvalue weighted by Gasteiger charge is -2.07. The highest BCUT2D eigenvalue weighted by Gasteiger charge is 2.03. The van der Waals surface area contributed by atoms with E-state index in [1.165, 1.54) is 6.92 Å².